The number of carbonyl (C=O) groups excluding carboxylic acids is 3. The second-order valence-electron chi connectivity index (χ2n) is 13.5. The number of urea groups is 1. The molecule has 0 aromatic heterocycles. The van der Waals surface area contributed by atoms with E-state index >= 15 is 0 Å². The largest absolute Gasteiger partial charge is 0.487 e. The lowest BCUT2D eigenvalue weighted by atomic mass is 9.89. The number of anilines is 1. The monoisotopic (exact) mass is 684 g/mol. The number of ether oxygens (including phenoxy) is 1. The molecule has 9 nitrogen and oxygen atoms in total. The van der Waals surface area contributed by atoms with E-state index in [1.54, 1.807) is 37.8 Å². The van der Waals surface area contributed by atoms with Crippen LogP contribution in [-0.2, 0) is 33.6 Å². The molecule has 0 radical (unpaired) electrons. The minimum Gasteiger partial charge on any atom is -0.487 e. The summed E-state index contributed by atoms with van der Waals surface area (Å²) in [5.41, 5.74) is -6.15. The quantitative estimate of drug-likeness (QED) is 0.309. The van der Waals surface area contributed by atoms with E-state index in [4.69, 9.17) is 4.74 Å². The van der Waals surface area contributed by atoms with Gasteiger partial charge in [-0.3, -0.25) is 14.5 Å². The van der Waals surface area contributed by atoms with Crippen molar-refractivity contribution in [1.82, 2.24) is 15.1 Å². The van der Waals surface area contributed by atoms with Gasteiger partial charge in [-0.2, -0.15) is 26.3 Å². The van der Waals surface area contributed by atoms with Crippen molar-refractivity contribution in [2.24, 2.45) is 0 Å². The SMILES string of the molecule is CCCc1cc(C(O)(C(F)(F)F)C(F)(F)F)ccc1N1CCN(C(=O)CN2C(=O)N[C@@](C)(c3ccc4c(c3)CC(C)(C)O4)C2=O)CC1C. The Morgan fingerprint density at radius 1 is 1.02 bits per heavy atom. The molecule has 3 aliphatic rings. The zero-order chi connectivity index (χ0) is 35.6. The molecule has 15 heteroatoms. The summed E-state index contributed by atoms with van der Waals surface area (Å²) in [7, 11) is 0. The van der Waals surface area contributed by atoms with Gasteiger partial charge in [0.1, 0.15) is 23.4 Å². The standard InChI is InChI=1S/C33H38F6N4O5/c1-6-7-20-14-23(31(47,32(34,35)36)33(37,38)39)8-10-24(20)42-13-12-41(17-19(42)2)26(44)18-43-27(45)30(5,40-28(43)46)22-9-11-25-21(15-22)16-29(3,4)48-25/h8-11,14-15,19,47H,6-7,12-13,16-18H2,1-5H3,(H,40,46)/t19?,30-/m0/s1. The number of benzene rings is 2. The molecule has 3 aliphatic heterocycles. The molecule has 2 atom stereocenters. The van der Waals surface area contributed by atoms with Crippen molar-refractivity contribution in [2.45, 2.75) is 89.0 Å². The second kappa shape index (κ2) is 11.8. The molecule has 0 bridgehead atoms. The first kappa shape index (κ1) is 35.3. The predicted molar refractivity (Wildman–Crippen MR) is 162 cm³/mol. The fourth-order valence-corrected chi connectivity index (χ4v) is 6.78. The molecular formula is C33H38F6N4O5. The Kier molecular flexibility index (Phi) is 8.71. The topological polar surface area (TPSA) is 102 Å². The minimum absolute atomic E-state index is 0.114. The van der Waals surface area contributed by atoms with Crippen molar-refractivity contribution < 1.29 is 50.6 Å². The van der Waals surface area contributed by atoms with Crippen LogP contribution in [0.5, 0.6) is 5.75 Å². The van der Waals surface area contributed by atoms with E-state index in [1.165, 1.54) is 4.90 Å². The normalized spacial score (nSPS) is 22.9. The van der Waals surface area contributed by atoms with E-state index in [1.807, 2.05) is 19.9 Å². The number of piperazine rings is 1. The van der Waals surface area contributed by atoms with Gasteiger partial charge in [0.25, 0.3) is 11.5 Å². The average Bonchev–Trinajstić information content (AvgIpc) is 3.41. The number of hydrogen-bond donors (Lipinski definition) is 2. The Balaban J connectivity index is 1.30. The third-order valence-electron chi connectivity index (χ3n) is 9.34. The minimum atomic E-state index is -6.01. The number of hydrogen-bond acceptors (Lipinski definition) is 6. The highest BCUT2D eigenvalue weighted by Crippen LogP contribution is 2.50. The number of imide groups is 1. The molecule has 4 amide bonds. The number of halogens is 6. The maximum Gasteiger partial charge on any atom is 0.430 e. The summed E-state index contributed by atoms with van der Waals surface area (Å²) in [6.07, 6.45) is -10.8. The van der Waals surface area contributed by atoms with E-state index in [-0.39, 0.29) is 31.6 Å². The van der Waals surface area contributed by atoms with Crippen LogP contribution in [0.4, 0.5) is 36.8 Å². The van der Waals surface area contributed by atoms with Crippen LogP contribution in [0.25, 0.3) is 0 Å². The summed E-state index contributed by atoms with van der Waals surface area (Å²) in [5, 5.41) is 12.7. The zero-order valence-corrected chi connectivity index (χ0v) is 27.2. The number of amides is 4. The van der Waals surface area contributed by atoms with Crippen LogP contribution in [0.2, 0.25) is 0 Å². The molecular weight excluding hydrogens is 646 g/mol. The van der Waals surface area contributed by atoms with Gasteiger partial charge in [0.15, 0.2) is 0 Å². The van der Waals surface area contributed by atoms with Crippen LogP contribution >= 0.6 is 0 Å². The van der Waals surface area contributed by atoms with Gasteiger partial charge < -0.3 is 25.0 Å². The lowest BCUT2D eigenvalue weighted by molar-refractivity contribution is -0.376. The summed E-state index contributed by atoms with van der Waals surface area (Å²) >= 11 is 0. The van der Waals surface area contributed by atoms with Crippen LogP contribution in [-0.4, -0.2) is 82.9 Å². The smallest absolute Gasteiger partial charge is 0.430 e. The number of rotatable bonds is 7. The van der Waals surface area contributed by atoms with Gasteiger partial charge in [0.2, 0.25) is 5.91 Å². The van der Waals surface area contributed by atoms with Crippen LogP contribution in [0.1, 0.15) is 63.3 Å². The maximum absolute atomic E-state index is 13.6. The zero-order valence-electron chi connectivity index (χ0n) is 27.2. The van der Waals surface area contributed by atoms with E-state index in [0.717, 1.165) is 22.6 Å². The summed E-state index contributed by atoms with van der Waals surface area (Å²) in [6.45, 7) is 8.82. The Morgan fingerprint density at radius 2 is 1.69 bits per heavy atom. The second-order valence-corrected chi connectivity index (χ2v) is 13.5. The van der Waals surface area contributed by atoms with Crippen molar-refractivity contribution >= 4 is 23.5 Å². The first-order chi connectivity index (χ1) is 22.1. The summed E-state index contributed by atoms with van der Waals surface area (Å²) in [4.78, 5) is 44.1. The molecule has 0 aliphatic carbocycles. The van der Waals surface area contributed by atoms with Gasteiger partial charge in [0, 0.05) is 43.3 Å². The molecule has 262 valence electrons. The fourth-order valence-electron chi connectivity index (χ4n) is 6.78. The number of alkyl halides is 6. The molecule has 2 aromatic rings. The van der Waals surface area contributed by atoms with Gasteiger partial charge in [-0.05, 0) is 69.0 Å². The fraction of sp³-hybridized carbons (Fsp3) is 0.545. The van der Waals surface area contributed by atoms with Gasteiger partial charge in [-0.1, -0.05) is 31.5 Å². The maximum atomic E-state index is 13.6. The third kappa shape index (κ3) is 5.94. The number of nitrogens with zero attached hydrogens (tertiary/aromatic N) is 3. The molecule has 2 fully saturated rings. The Hall–Kier alpha value is -4.01. The highest BCUT2D eigenvalue weighted by molar-refractivity contribution is 6.09. The first-order valence-electron chi connectivity index (χ1n) is 15.6. The number of fused-ring (bicyclic) bond motifs is 1. The number of aliphatic hydroxyl groups is 1. The van der Waals surface area contributed by atoms with E-state index in [9.17, 15) is 45.8 Å². The van der Waals surface area contributed by atoms with Crippen molar-refractivity contribution in [3.05, 3.63) is 58.7 Å². The molecule has 5 rings (SSSR count). The number of aryl methyl sites for hydroxylation is 1. The third-order valence-corrected chi connectivity index (χ3v) is 9.34. The van der Waals surface area contributed by atoms with E-state index in [0.29, 0.717) is 35.9 Å². The molecule has 2 aromatic carbocycles. The van der Waals surface area contributed by atoms with Gasteiger partial charge in [-0.25, -0.2) is 4.79 Å². The van der Waals surface area contributed by atoms with Crippen LogP contribution in [0.3, 0.4) is 0 Å². The van der Waals surface area contributed by atoms with E-state index < -0.39 is 65.1 Å². The average molecular weight is 685 g/mol. The van der Waals surface area contributed by atoms with Crippen molar-refractivity contribution in [2.75, 3.05) is 31.1 Å². The molecule has 0 saturated carbocycles. The van der Waals surface area contributed by atoms with Crippen molar-refractivity contribution in [1.29, 1.82) is 0 Å². The van der Waals surface area contributed by atoms with Gasteiger partial charge >= 0.3 is 18.4 Å². The summed E-state index contributed by atoms with van der Waals surface area (Å²) < 4.78 is 87.3. The molecule has 0 spiro atoms. The highest BCUT2D eigenvalue weighted by Gasteiger charge is 2.71. The van der Waals surface area contributed by atoms with Crippen LogP contribution in [0.15, 0.2) is 36.4 Å². The Morgan fingerprint density at radius 3 is 2.29 bits per heavy atom. The van der Waals surface area contributed by atoms with Gasteiger partial charge in [0.05, 0.1) is 0 Å². The number of nitrogens with one attached hydrogen (secondary N) is 1. The molecule has 2 N–H and O–H groups in total. The molecule has 3 heterocycles. The molecule has 48 heavy (non-hydrogen) atoms. The van der Waals surface area contributed by atoms with E-state index in [2.05, 4.69) is 5.32 Å². The Bertz CT molecular complexity index is 1610. The molecule has 2 saturated heterocycles. The number of carbonyl (C=O) groups is 3. The summed E-state index contributed by atoms with van der Waals surface area (Å²) in [5.74, 6) is -0.387. The predicted octanol–water partition coefficient (Wildman–Crippen LogP) is 5.17. The highest BCUT2D eigenvalue weighted by atomic mass is 19.4. The van der Waals surface area contributed by atoms with Crippen LogP contribution < -0.4 is 15.0 Å². The lowest BCUT2D eigenvalue weighted by Crippen LogP contribution is -2.56. The molecule has 1 unspecified atom stereocenters. The Labute approximate surface area is 273 Å². The lowest BCUT2D eigenvalue weighted by Gasteiger charge is -2.42. The van der Waals surface area contributed by atoms with Crippen molar-refractivity contribution in [3.8, 4) is 5.75 Å². The first-order valence-corrected chi connectivity index (χ1v) is 15.6. The van der Waals surface area contributed by atoms with Crippen LogP contribution in [0, 0.1) is 0 Å². The van der Waals surface area contributed by atoms with Crippen molar-refractivity contribution in [3.63, 3.8) is 0 Å². The summed E-state index contributed by atoms with van der Waals surface area (Å²) in [6, 6.07) is 6.64. The van der Waals surface area contributed by atoms with Gasteiger partial charge in [-0.15, -0.1) is 0 Å².